The molecule has 0 aliphatic heterocycles. The fraction of sp³-hybridized carbons (Fsp3) is 0.308. The van der Waals surface area contributed by atoms with Crippen LogP contribution < -0.4 is 15.1 Å². The van der Waals surface area contributed by atoms with Gasteiger partial charge in [-0.1, -0.05) is 0 Å². The molecular formula is C26H31O3P. The Hall–Kier alpha value is -2.19. The van der Waals surface area contributed by atoms with Gasteiger partial charge in [0.2, 0.25) is 0 Å². The molecule has 0 amide bonds. The van der Waals surface area contributed by atoms with Crippen LogP contribution in [0.5, 0.6) is 5.75 Å². The number of para-hydroxylation sites is 1. The Labute approximate surface area is 179 Å². The van der Waals surface area contributed by atoms with Crippen molar-refractivity contribution >= 4 is 17.9 Å². The van der Waals surface area contributed by atoms with Crippen LogP contribution in [0.25, 0.3) is 0 Å². The summed E-state index contributed by atoms with van der Waals surface area (Å²) >= 11 is 0. The number of benzene rings is 3. The van der Waals surface area contributed by atoms with E-state index in [0.29, 0.717) is 5.75 Å². The predicted octanol–water partition coefficient (Wildman–Crippen LogP) is 5.89. The van der Waals surface area contributed by atoms with Crippen LogP contribution in [-0.2, 0) is 4.52 Å². The molecule has 1 N–H and O–H groups in total. The Morgan fingerprint density at radius 2 is 1.17 bits per heavy atom. The zero-order valence-corrected chi connectivity index (χ0v) is 18.9. The standard InChI is InChI=1S/C26H31O3P/c1-20-12-4-9-17-24(20)29-30(27,28-23-15-7-8-16-23,25-18-10-5-13-21(25)2)26-19-11-6-14-22(26)3/h4-6,9-14,17-19,23,27H,7-8,15-16H2,1-3H3. The topological polar surface area (TPSA) is 38.7 Å². The van der Waals surface area contributed by atoms with E-state index in [9.17, 15) is 4.89 Å². The van der Waals surface area contributed by atoms with Gasteiger partial charge in [-0.05, 0) is 0 Å². The molecule has 0 spiro atoms. The Kier molecular flexibility index (Phi) is 5.72. The van der Waals surface area contributed by atoms with Gasteiger partial charge in [0.25, 0.3) is 0 Å². The number of hydrogen-bond acceptors (Lipinski definition) is 3. The van der Waals surface area contributed by atoms with E-state index < -0.39 is 7.28 Å². The van der Waals surface area contributed by atoms with E-state index in [1.54, 1.807) is 0 Å². The second-order valence-electron chi connectivity index (χ2n) is 8.36. The van der Waals surface area contributed by atoms with Crippen molar-refractivity contribution in [2.75, 3.05) is 0 Å². The fourth-order valence-corrected chi connectivity index (χ4v) is 8.64. The molecule has 0 atom stereocenters. The maximum absolute atomic E-state index is 13.0. The summed E-state index contributed by atoms with van der Waals surface area (Å²) in [6.45, 7) is 6.04. The molecule has 0 aromatic heterocycles. The minimum absolute atomic E-state index is 0.0316. The van der Waals surface area contributed by atoms with Gasteiger partial charge in [-0.3, -0.25) is 0 Å². The first-order chi connectivity index (χ1) is 14.4. The van der Waals surface area contributed by atoms with Crippen molar-refractivity contribution in [1.82, 2.24) is 0 Å². The summed E-state index contributed by atoms with van der Waals surface area (Å²) in [5.41, 5.74) is 2.90. The summed E-state index contributed by atoms with van der Waals surface area (Å²) in [5.74, 6) is 0.655. The Morgan fingerprint density at radius 3 is 1.67 bits per heavy atom. The third kappa shape index (κ3) is 3.67. The van der Waals surface area contributed by atoms with Gasteiger partial charge in [-0.25, -0.2) is 0 Å². The molecule has 30 heavy (non-hydrogen) atoms. The molecule has 0 radical (unpaired) electrons. The van der Waals surface area contributed by atoms with Crippen LogP contribution >= 0.6 is 7.28 Å². The first-order valence-electron chi connectivity index (χ1n) is 10.8. The third-order valence-corrected chi connectivity index (χ3v) is 10.0. The summed E-state index contributed by atoms with van der Waals surface area (Å²) in [6, 6.07) is 23.7. The Bertz CT molecular complexity index is 994. The van der Waals surface area contributed by atoms with Crippen LogP contribution in [0.4, 0.5) is 0 Å². The summed E-state index contributed by atoms with van der Waals surface area (Å²) in [6.07, 6.45) is 4.07. The normalized spacial score (nSPS) is 16.2. The van der Waals surface area contributed by atoms with Crippen LogP contribution in [-0.4, -0.2) is 11.0 Å². The molecule has 158 valence electrons. The van der Waals surface area contributed by atoms with Crippen molar-refractivity contribution in [3.63, 3.8) is 0 Å². The summed E-state index contributed by atoms with van der Waals surface area (Å²) in [7, 11) is -4.49. The number of hydrogen-bond donors (Lipinski definition) is 1. The van der Waals surface area contributed by atoms with E-state index >= 15 is 0 Å². The second kappa shape index (κ2) is 8.15. The second-order valence-corrected chi connectivity index (χ2v) is 11.5. The van der Waals surface area contributed by atoms with E-state index in [4.69, 9.17) is 9.05 Å². The Morgan fingerprint density at radius 1 is 0.700 bits per heavy atom. The van der Waals surface area contributed by atoms with Gasteiger partial charge in [-0.2, -0.15) is 0 Å². The molecule has 1 aliphatic rings. The minimum atomic E-state index is -4.49. The predicted molar refractivity (Wildman–Crippen MR) is 126 cm³/mol. The van der Waals surface area contributed by atoms with Crippen LogP contribution in [0.1, 0.15) is 42.4 Å². The van der Waals surface area contributed by atoms with Crippen molar-refractivity contribution in [3.05, 3.63) is 89.5 Å². The quantitative estimate of drug-likeness (QED) is 0.503. The van der Waals surface area contributed by atoms with Crippen molar-refractivity contribution in [2.24, 2.45) is 0 Å². The monoisotopic (exact) mass is 422 g/mol. The van der Waals surface area contributed by atoms with E-state index in [1.165, 1.54) is 0 Å². The zero-order valence-electron chi connectivity index (χ0n) is 18.0. The van der Waals surface area contributed by atoms with Crippen molar-refractivity contribution < 1.29 is 13.9 Å². The van der Waals surface area contributed by atoms with E-state index in [-0.39, 0.29) is 6.10 Å². The third-order valence-electron chi connectivity index (χ3n) is 6.09. The molecule has 1 fully saturated rings. The van der Waals surface area contributed by atoms with Gasteiger partial charge >= 0.3 is 180 Å². The molecule has 3 aromatic carbocycles. The van der Waals surface area contributed by atoms with Gasteiger partial charge in [0.05, 0.1) is 0 Å². The van der Waals surface area contributed by atoms with Crippen LogP contribution in [0.3, 0.4) is 0 Å². The molecular weight excluding hydrogens is 391 g/mol. The van der Waals surface area contributed by atoms with Crippen molar-refractivity contribution in [1.29, 1.82) is 0 Å². The molecule has 4 rings (SSSR count). The molecule has 1 aliphatic carbocycles. The van der Waals surface area contributed by atoms with E-state index in [0.717, 1.165) is 53.0 Å². The number of aryl methyl sites for hydroxylation is 3. The van der Waals surface area contributed by atoms with Crippen molar-refractivity contribution in [2.45, 2.75) is 52.6 Å². The van der Waals surface area contributed by atoms with Gasteiger partial charge in [0.15, 0.2) is 0 Å². The van der Waals surface area contributed by atoms with E-state index in [1.807, 2.05) is 93.6 Å². The first kappa shape index (κ1) is 21.1. The molecule has 0 saturated heterocycles. The average molecular weight is 423 g/mol. The molecule has 4 heteroatoms. The fourth-order valence-electron chi connectivity index (χ4n) is 4.49. The molecule has 0 heterocycles. The molecule has 3 nitrogen and oxygen atoms in total. The van der Waals surface area contributed by atoms with Crippen LogP contribution in [0.15, 0.2) is 72.8 Å². The average Bonchev–Trinajstić information content (AvgIpc) is 3.23. The molecule has 0 unspecified atom stereocenters. The van der Waals surface area contributed by atoms with Gasteiger partial charge in [0, 0.05) is 0 Å². The summed E-state index contributed by atoms with van der Waals surface area (Å²) in [4.78, 5) is 13.0. The van der Waals surface area contributed by atoms with Crippen molar-refractivity contribution in [3.8, 4) is 5.75 Å². The van der Waals surface area contributed by atoms with Crippen LogP contribution in [0.2, 0.25) is 0 Å². The molecule has 3 aromatic rings. The van der Waals surface area contributed by atoms with E-state index in [2.05, 4.69) is 0 Å². The maximum atomic E-state index is 13.0. The SMILES string of the molecule is Cc1ccccc1OP(O)(OC1CCCC1)(c1ccccc1C)c1ccccc1C. The Balaban J connectivity index is 2.03. The van der Waals surface area contributed by atoms with Gasteiger partial charge in [-0.15, -0.1) is 0 Å². The summed E-state index contributed by atoms with van der Waals surface area (Å²) in [5, 5.41) is 1.49. The molecule has 0 bridgehead atoms. The first-order valence-corrected chi connectivity index (χ1v) is 12.8. The molecule has 1 saturated carbocycles. The zero-order chi connectivity index (χ0) is 21.2. The number of rotatable bonds is 6. The summed E-state index contributed by atoms with van der Waals surface area (Å²) < 4.78 is 13.6. The van der Waals surface area contributed by atoms with Crippen LogP contribution in [0, 0.1) is 20.8 Å². The van der Waals surface area contributed by atoms with Gasteiger partial charge in [0.1, 0.15) is 0 Å². The van der Waals surface area contributed by atoms with Gasteiger partial charge < -0.3 is 0 Å².